The Bertz CT molecular complexity index is 2680. The normalized spacial score (nSPS) is 16.2. The van der Waals surface area contributed by atoms with E-state index in [2.05, 4.69) is 20.9 Å². The highest BCUT2D eigenvalue weighted by atomic mass is 32.1. The lowest BCUT2D eigenvalue weighted by molar-refractivity contribution is -0.144. The van der Waals surface area contributed by atoms with Crippen LogP contribution in [0.2, 0.25) is 0 Å². The van der Waals surface area contributed by atoms with Crippen molar-refractivity contribution in [2.24, 2.45) is 5.41 Å². The number of carbonyl (C=O) groups is 5. The zero-order valence-electron chi connectivity index (χ0n) is 40.2. The van der Waals surface area contributed by atoms with Gasteiger partial charge in [-0.15, -0.1) is 11.3 Å². The van der Waals surface area contributed by atoms with E-state index in [1.165, 1.54) is 43.0 Å². The molecular weight excluding hydrogens is 965 g/mol. The number of hydrogen-bond donors (Lipinski definition) is 3. The average Bonchev–Trinajstić information content (AvgIpc) is 4.03. The summed E-state index contributed by atoms with van der Waals surface area (Å²) in [7, 11) is 0. The Morgan fingerprint density at radius 1 is 0.972 bits per heavy atom. The van der Waals surface area contributed by atoms with Gasteiger partial charge in [-0.2, -0.15) is 18.4 Å². The molecule has 3 N–H and O–H groups in total. The predicted molar refractivity (Wildman–Crippen MR) is 263 cm³/mol. The van der Waals surface area contributed by atoms with Crippen LogP contribution in [0.25, 0.3) is 10.4 Å². The first kappa shape index (κ1) is 54.0. The molecule has 1 aromatic heterocycles. The number of hydrogen-bond acceptors (Lipinski definition) is 11. The SMILES string of the molecule is Cc1ncsc1-c1ccc(CNC(=O)[C@@H]2CCCN2C(=O)C(NC(=O)CCCOCCOCCNC(=O)c2ccc(N3C(=S)N(c4ccc(C#N)c(C(F)(F)F)c4)C(=O)C3(C)C)cc2F)C(C)(C)C)cc1. The lowest BCUT2D eigenvalue weighted by Crippen LogP contribution is -2.57. The van der Waals surface area contributed by atoms with E-state index in [0.717, 1.165) is 38.7 Å². The van der Waals surface area contributed by atoms with E-state index < -0.39 is 58.0 Å². The predicted octanol–water partition coefficient (Wildman–Crippen LogP) is 7.45. The van der Waals surface area contributed by atoms with E-state index in [1.54, 1.807) is 16.2 Å². The molecule has 2 aliphatic rings. The maximum absolute atomic E-state index is 15.4. The summed E-state index contributed by atoms with van der Waals surface area (Å²) in [5.74, 6) is -3.26. The van der Waals surface area contributed by atoms with Crippen molar-refractivity contribution < 1.29 is 51.0 Å². The molecule has 15 nitrogen and oxygen atoms in total. The minimum atomic E-state index is -4.88. The number of aryl methyl sites for hydroxylation is 1. The molecule has 5 amide bonds. The molecular formula is C50H56F4N8O7S2. The Balaban J connectivity index is 0.885. The first-order valence-electron chi connectivity index (χ1n) is 22.9. The van der Waals surface area contributed by atoms with E-state index >= 15 is 4.39 Å². The summed E-state index contributed by atoms with van der Waals surface area (Å²) in [5.41, 5.74) is 0.327. The molecule has 1 unspecified atom stereocenters. The number of rotatable bonds is 19. The molecule has 0 radical (unpaired) electrons. The zero-order chi connectivity index (χ0) is 51.8. The Labute approximate surface area is 418 Å². The number of nitrogens with one attached hydrogen (secondary N) is 3. The van der Waals surface area contributed by atoms with Gasteiger partial charge >= 0.3 is 6.18 Å². The number of anilines is 2. The lowest BCUT2D eigenvalue weighted by atomic mass is 9.85. The third kappa shape index (κ3) is 12.8. The van der Waals surface area contributed by atoms with Gasteiger partial charge in [-0.3, -0.25) is 28.9 Å². The van der Waals surface area contributed by atoms with Crippen LogP contribution in [-0.2, 0) is 41.4 Å². The van der Waals surface area contributed by atoms with Crippen LogP contribution in [-0.4, -0.2) is 102 Å². The molecule has 0 saturated carbocycles. The number of halogens is 4. The molecule has 0 aliphatic carbocycles. The van der Waals surface area contributed by atoms with Gasteiger partial charge in [0.25, 0.3) is 11.8 Å². The van der Waals surface area contributed by atoms with Crippen molar-refractivity contribution in [1.82, 2.24) is 25.8 Å². The Hall–Kier alpha value is -6.34. The molecule has 2 fully saturated rings. The molecule has 0 bridgehead atoms. The maximum atomic E-state index is 15.4. The largest absolute Gasteiger partial charge is 0.417 e. The molecule has 2 atom stereocenters. The Morgan fingerprint density at radius 2 is 1.66 bits per heavy atom. The number of benzene rings is 3. The van der Waals surface area contributed by atoms with Crippen LogP contribution in [0.5, 0.6) is 0 Å². The highest BCUT2D eigenvalue weighted by molar-refractivity contribution is 7.81. The van der Waals surface area contributed by atoms with E-state index in [4.69, 9.17) is 21.7 Å². The second kappa shape index (κ2) is 22.8. The van der Waals surface area contributed by atoms with Gasteiger partial charge in [0.1, 0.15) is 23.4 Å². The molecule has 2 saturated heterocycles. The Kier molecular flexibility index (Phi) is 17.4. The van der Waals surface area contributed by atoms with Gasteiger partial charge in [-0.05, 0) is 105 Å². The number of amides is 5. The van der Waals surface area contributed by atoms with Crippen molar-refractivity contribution in [3.05, 3.63) is 99.9 Å². The molecule has 0 spiro atoms. The van der Waals surface area contributed by atoms with Crippen molar-refractivity contribution in [2.45, 2.75) is 97.6 Å². The summed E-state index contributed by atoms with van der Waals surface area (Å²) < 4.78 is 67.7. The quantitative estimate of drug-likeness (QED) is 0.0482. The van der Waals surface area contributed by atoms with Gasteiger partial charge in [0.05, 0.1) is 64.3 Å². The third-order valence-electron chi connectivity index (χ3n) is 12.1. The fraction of sp³-hybridized carbons (Fsp3) is 0.440. The second-order valence-electron chi connectivity index (χ2n) is 18.6. The summed E-state index contributed by atoms with van der Waals surface area (Å²) in [4.78, 5) is 75.9. The molecule has 3 heterocycles. The van der Waals surface area contributed by atoms with Gasteiger partial charge in [0, 0.05) is 38.3 Å². The summed E-state index contributed by atoms with van der Waals surface area (Å²) in [6.45, 7) is 11.9. The number of likely N-dealkylation sites (tertiary alicyclic amines) is 1. The molecule has 21 heteroatoms. The molecule has 71 heavy (non-hydrogen) atoms. The van der Waals surface area contributed by atoms with E-state index in [1.807, 2.05) is 57.5 Å². The number of ether oxygens (including phenoxy) is 2. The number of thiocarbonyl (C=S) groups is 1. The summed E-state index contributed by atoms with van der Waals surface area (Å²) in [6.07, 6.45) is -3.23. The minimum Gasteiger partial charge on any atom is -0.379 e. The highest BCUT2D eigenvalue weighted by Crippen LogP contribution is 2.40. The van der Waals surface area contributed by atoms with Gasteiger partial charge in [0.2, 0.25) is 17.7 Å². The number of aromatic nitrogens is 1. The monoisotopic (exact) mass is 1020 g/mol. The van der Waals surface area contributed by atoms with Crippen LogP contribution >= 0.6 is 23.6 Å². The van der Waals surface area contributed by atoms with Crippen LogP contribution < -0.4 is 25.8 Å². The fourth-order valence-electron chi connectivity index (χ4n) is 8.29. The van der Waals surface area contributed by atoms with E-state index in [-0.39, 0.29) is 79.2 Å². The standard InChI is InChI=1S/C50H56F4N8O7S2/c1-30-41(71-29-58-30)32-13-11-31(12-14-32)28-57-44(65)39-9-7-20-60(39)45(66)42(48(2,3)4)59-40(63)10-8-21-68-23-24-69-22-19-56-43(64)36-18-17-35(26-38(36)51)62-47(70)61(46(67)49(62,5)6)34-16-15-33(27-55)37(25-34)50(52,53)54/h11-18,25-26,29,39,42H,7-10,19-24,28H2,1-6H3,(H,56,64)(H,57,65)(H,59,63)/t39-,42?/m0/s1. The smallest absolute Gasteiger partial charge is 0.379 e. The third-order valence-corrected chi connectivity index (χ3v) is 13.4. The molecule has 3 aromatic carbocycles. The number of nitrogens with zero attached hydrogens (tertiary/aromatic N) is 5. The molecule has 2 aliphatic heterocycles. The number of thiazole rings is 1. The minimum absolute atomic E-state index is 0.0249. The van der Waals surface area contributed by atoms with Crippen molar-refractivity contribution in [2.75, 3.05) is 49.3 Å². The van der Waals surface area contributed by atoms with Gasteiger partial charge in [-0.1, -0.05) is 45.0 Å². The number of carbonyl (C=O) groups excluding carboxylic acids is 5. The topological polar surface area (TPSA) is 186 Å². The van der Waals surface area contributed by atoms with Crippen molar-refractivity contribution in [3.8, 4) is 16.5 Å². The second-order valence-corrected chi connectivity index (χ2v) is 19.9. The van der Waals surface area contributed by atoms with Crippen molar-refractivity contribution in [1.29, 1.82) is 5.26 Å². The van der Waals surface area contributed by atoms with Crippen molar-refractivity contribution >= 4 is 69.6 Å². The number of alkyl halides is 3. The van der Waals surface area contributed by atoms with Gasteiger partial charge in [-0.25, -0.2) is 9.37 Å². The van der Waals surface area contributed by atoms with Gasteiger partial charge in [0.15, 0.2) is 5.11 Å². The van der Waals surface area contributed by atoms with Crippen molar-refractivity contribution in [3.63, 3.8) is 0 Å². The van der Waals surface area contributed by atoms with Crippen LogP contribution in [0.15, 0.2) is 66.2 Å². The van der Waals surface area contributed by atoms with Crippen LogP contribution in [0, 0.1) is 29.5 Å². The first-order chi connectivity index (χ1) is 33.5. The fourth-order valence-corrected chi connectivity index (χ4v) is 9.62. The maximum Gasteiger partial charge on any atom is 0.417 e. The number of nitriles is 1. The van der Waals surface area contributed by atoms with Gasteiger partial charge < -0.3 is 35.2 Å². The average molecular weight is 1020 g/mol. The van der Waals surface area contributed by atoms with E-state index in [0.29, 0.717) is 38.4 Å². The Morgan fingerprint density at radius 3 is 2.30 bits per heavy atom. The molecule has 6 rings (SSSR count). The zero-order valence-corrected chi connectivity index (χ0v) is 41.8. The van der Waals surface area contributed by atoms with Crippen LogP contribution in [0.3, 0.4) is 0 Å². The van der Waals surface area contributed by atoms with Crippen LogP contribution in [0.4, 0.5) is 28.9 Å². The highest BCUT2D eigenvalue weighted by Gasteiger charge is 2.51. The first-order valence-corrected chi connectivity index (χ1v) is 24.2. The lowest BCUT2D eigenvalue weighted by Gasteiger charge is -2.35. The summed E-state index contributed by atoms with van der Waals surface area (Å²) in [5, 5.41) is 17.4. The summed E-state index contributed by atoms with van der Waals surface area (Å²) in [6, 6.07) is 14.3. The van der Waals surface area contributed by atoms with Crippen LogP contribution in [0.1, 0.15) is 93.0 Å². The van der Waals surface area contributed by atoms with E-state index in [9.17, 15) is 42.4 Å². The summed E-state index contributed by atoms with van der Waals surface area (Å²) >= 11 is 7.09. The molecule has 4 aromatic rings. The molecule has 378 valence electrons.